The molecule has 6 nitrogen and oxygen atoms in total. The van der Waals surface area contributed by atoms with E-state index in [1.165, 1.54) is 5.56 Å². The normalized spacial score (nSPS) is 10.2. The van der Waals surface area contributed by atoms with E-state index < -0.39 is 5.91 Å². The van der Waals surface area contributed by atoms with Gasteiger partial charge in [0.15, 0.2) is 0 Å². The van der Waals surface area contributed by atoms with Crippen molar-refractivity contribution >= 4 is 11.8 Å². The van der Waals surface area contributed by atoms with Crippen LogP contribution in [0.2, 0.25) is 0 Å². The Labute approximate surface area is 140 Å². The van der Waals surface area contributed by atoms with Crippen molar-refractivity contribution in [3.8, 4) is 0 Å². The molecule has 0 aliphatic carbocycles. The fraction of sp³-hybridized carbons (Fsp3) is 0.222. The van der Waals surface area contributed by atoms with Gasteiger partial charge in [-0.05, 0) is 29.7 Å². The van der Waals surface area contributed by atoms with E-state index in [0.717, 1.165) is 12.0 Å². The Morgan fingerprint density at radius 1 is 0.917 bits per heavy atom. The molecule has 2 rings (SSSR count). The molecule has 0 unspecified atom stereocenters. The number of rotatable bonds is 8. The molecule has 0 saturated carbocycles. The third kappa shape index (κ3) is 5.83. The number of nitrogens with one attached hydrogen (secondary N) is 3. The van der Waals surface area contributed by atoms with Crippen LogP contribution in [0.25, 0.3) is 0 Å². The highest BCUT2D eigenvalue weighted by Crippen LogP contribution is 2.04. The zero-order valence-electron chi connectivity index (χ0n) is 13.3. The summed E-state index contributed by atoms with van der Waals surface area (Å²) in [5, 5.41) is 14.5. The van der Waals surface area contributed by atoms with Crippen LogP contribution in [0.5, 0.6) is 0 Å². The minimum atomic E-state index is -0.549. The predicted molar refractivity (Wildman–Crippen MR) is 90.6 cm³/mol. The predicted octanol–water partition coefficient (Wildman–Crippen LogP) is 1.25. The highest BCUT2D eigenvalue weighted by atomic mass is 16.5. The highest BCUT2D eigenvalue weighted by molar-refractivity contribution is 5.93. The van der Waals surface area contributed by atoms with Gasteiger partial charge in [0.2, 0.25) is 5.91 Å². The minimum absolute atomic E-state index is 0.0535. The quantitative estimate of drug-likeness (QED) is 0.434. The molecule has 0 heterocycles. The monoisotopic (exact) mass is 327 g/mol. The molecular weight excluding hydrogens is 306 g/mol. The van der Waals surface area contributed by atoms with Crippen LogP contribution in [0, 0.1) is 0 Å². The van der Waals surface area contributed by atoms with Gasteiger partial charge >= 0.3 is 0 Å². The summed E-state index contributed by atoms with van der Waals surface area (Å²) >= 11 is 0. The van der Waals surface area contributed by atoms with Crippen molar-refractivity contribution in [2.45, 2.75) is 13.0 Å². The Hall–Kier alpha value is -2.70. The number of amides is 2. The molecule has 0 saturated heterocycles. The summed E-state index contributed by atoms with van der Waals surface area (Å²) in [5.41, 5.74) is 4.10. The molecule has 4 N–H and O–H groups in total. The number of hydrogen-bond donors (Lipinski definition) is 4. The molecular formula is C18H21N3O3. The van der Waals surface area contributed by atoms with Gasteiger partial charge in [0, 0.05) is 18.7 Å². The van der Waals surface area contributed by atoms with Gasteiger partial charge in [-0.3, -0.25) is 14.8 Å². The maximum atomic E-state index is 11.8. The van der Waals surface area contributed by atoms with Crippen LogP contribution in [-0.2, 0) is 17.8 Å². The van der Waals surface area contributed by atoms with E-state index in [0.29, 0.717) is 18.7 Å². The molecule has 126 valence electrons. The van der Waals surface area contributed by atoms with Gasteiger partial charge < -0.3 is 10.6 Å². The van der Waals surface area contributed by atoms with Crippen molar-refractivity contribution in [1.82, 2.24) is 16.1 Å². The number of carbonyl (C=O) groups is 2. The lowest BCUT2D eigenvalue weighted by Crippen LogP contribution is -2.34. The van der Waals surface area contributed by atoms with Crippen molar-refractivity contribution < 1.29 is 14.8 Å². The summed E-state index contributed by atoms with van der Waals surface area (Å²) in [5.74, 6) is -0.602. The second-order valence-corrected chi connectivity index (χ2v) is 5.33. The van der Waals surface area contributed by atoms with Crippen molar-refractivity contribution in [1.29, 1.82) is 0 Å². The SMILES string of the molecule is O=C(CNCc1ccc(C(=O)NO)cc1)NCCc1ccccc1. The first-order valence-corrected chi connectivity index (χ1v) is 7.74. The van der Waals surface area contributed by atoms with E-state index in [2.05, 4.69) is 10.6 Å². The zero-order valence-corrected chi connectivity index (χ0v) is 13.3. The van der Waals surface area contributed by atoms with Crippen molar-refractivity contribution in [3.63, 3.8) is 0 Å². The lowest BCUT2D eigenvalue weighted by Gasteiger charge is -2.07. The van der Waals surface area contributed by atoms with Gasteiger partial charge in [-0.2, -0.15) is 0 Å². The molecule has 0 aliphatic rings. The Balaban J connectivity index is 1.64. The first-order valence-electron chi connectivity index (χ1n) is 7.74. The summed E-state index contributed by atoms with van der Waals surface area (Å²) in [4.78, 5) is 23.0. The third-order valence-corrected chi connectivity index (χ3v) is 3.51. The molecule has 24 heavy (non-hydrogen) atoms. The average molecular weight is 327 g/mol. The van der Waals surface area contributed by atoms with E-state index in [1.54, 1.807) is 29.7 Å². The van der Waals surface area contributed by atoms with Crippen LogP contribution < -0.4 is 16.1 Å². The first kappa shape index (κ1) is 17.7. The second kappa shape index (κ2) is 9.44. The van der Waals surface area contributed by atoms with Gasteiger partial charge in [0.1, 0.15) is 0 Å². The molecule has 6 heteroatoms. The van der Waals surface area contributed by atoms with Gasteiger partial charge in [-0.15, -0.1) is 0 Å². The van der Waals surface area contributed by atoms with Crippen molar-refractivity contribution in [2.75, 3.05) is 13.1 Å². The number of benzene rings is 2. The average Bonchev–Trinajstić information content (AvgIpc) is 2.62. The van der Waals surface area contributed by atoms with Crippen LogP contribution in [-0.4, -0.2) is 30.1 Å². The fourth-order valence-electron chi connectivity index (χ4n) is 2.21. The highest BCUT2D eigenvalue weighted by Gasteiger charge is 2.04. The summed E-state index contributed by atoms with van der Waals surface area (Å²) in [6.45, 7) is 1.36. The zero-order chi connectivity index (χ0) is 17.2. The van der Waals surface area contributed by atoms with Crippen LogP contribution in [0.3, 0.4) is 0 Å². The molecule has 0 aliphatic heterocycles. The number of hydroxylamine groups is 1. The fourth-order valence-corrected chi connectivity index (χ4v) is 2.21. The Bertz CT molecular complexity index is 657. The van der Waals surface area contributed by atoms with Crippen molar-refractivity contribution in [2.24, 2.45) is 0 Å². The smallest absolute Gasteiger partial charge is 0.274 e. The first-order chi connectivity index (χ1) is 11.7. The molecule has 0 fully saturated rings. The van der Waals surface area contributed by atoms with Crippen LogP contribution >= 0.6 is 0 Å². The lowest BCUT2D eigenvalue weighted by molar-refractivity contribution is -0.120. The van der Waals surface area contributed by atoms with Gasteiger partial charge in [-0.1, -0.05) is 42.5 Å². The lowest BCUT2D eigenvalue weighted by atomic mass is 10.1. The number of hydrogen-bond acceptors (Lipinski definition) is 4. The van der Waals surface area contributed by atoms with E-state index in [-0.39, 0.29) is 12.5 Å². The Kier molecular flexibility index (Phi) is 6.94. The molecule has 0 atom stereocenters. The van der Waals surface area contributed by atoms with E-state index in [4.69, 9.17) is 5.21 Å². The molecule has 2 aromatic rings. The molecule has 0 spiro atoms. The minimum Gasteiger partial charge on any atom is -0.355 e. The molecule has 0 aromatic heterocycles. The van der Waals surface area contributed by atoms with Gasteiger partial charge in [-0.25, -0.2) is 5.48 Å². The van der Waals surface area contributed by atoms with Gasteiger partial charge in [0.25, 0.3) is 5.91 Å². The summed E-state index contributed by atoms with van der Waals surface area (Å²) in [6, 6.07) is 16.8. The molecule has 0 bridgehead atoms. The molecule has 0 radical (unpaired) electrons. The summed E-state index contributed by atoms with van der Waals surface area (Å²) < 4.78 is 0. The molecule has 2 aromatic carbocycles. The maximum absolute atomic E-state index is 11.8. The van der Waals surface area contributed by atoms with Crippen LogP contribution in [0.15, 0.2) is 54.6 Å². The summed E-state index contributed by atoms with van der Waals surface area (Å²) in [6.07, 6.45) is 0.807. The second-order valence-electron chi connectivity index (χ2n) is 5.33. The van der Waals surface area contributed by atoms with Crippen LogP contribution in [0.1, 0.15) is 21.5 Å². The summed E-state index contributed by atoms with van der Waals surface area (Å²) in [7, 11) is 0. The Morgan fingerprint density at radius 3 is 2.29 bits per heavy atom. The van der Waals surface area contributed by atoms with Gasteiger partial charge in [0.05, 0.1) is 6.54 Å². The van der Waals surface area contributed by atoms with E-state index >= 15 is 0 Å². The van der Waals surface area contributed by atoms with E-state index in [1.807, 2.05) is 30.3 Å². The van der Waals surface area contributed by atoms with Crippen LogP contribution in [0.4, 0.5) is 0 Å². The van der Waals surface area contributed by atoms with E-state index in [9.17, 15) is 9.59 Å². The number of carbonyl (C=O) groups excluding carboxylic acids is 2. The topological polar surface area (TPSA) is 90.5 Å². The molecule has 2 amide bonds. The Morgan fingerprint density at radius 2 is 1.62 bits per heavy atom. The maximum Gasteiger partial charge on any atom is 0.274 e. The van der Waals surface area contributed by atoms with Crippen molar-refractivity contribution in [3.05, 3.63) is 71.3 Å². The largest absolute Gasteiger partial charge is 0.355 e. The standard InChI is InChI=1S/C18H21N3O3/c22-17(20-11-10-14-4-2-1-3-5-14)13-19-12-15-6-8-16(9-7-15)18(23)21-24/h1-9,19,24H,10-13H2,(H,20,22)(H,21,23). The third-order valence-electron chi connectivity index (χ3n) is 3.51.